The first-order valence-corrected chi connectivity index (χ1v) is 13.8. The number of aromatic nitrogens is 4. The number of nitrogens with one attached hydrogen (secondary N) is 1. The van der Waals surface area contributed by atoms with Gasteiger partial charge in [0.25, 0.3) is 17.7 Å². The number of fused-ring (bicyclic) bond motifs is 2. The van der Waals surface area contributed by atoms with E-state index in [1.807, 2.05) is 0 Å². The van der Waals surface area contributed by atoms with Gasteiger partial charge in [-0.25, -0.2) is 14.5 Å². The topological polar surface area (TPSA) is 234 Å². The molecule has 15 nitrogen and oxygen atoms in total. The Morgan fingerprint density at radius 3 is 2.68 bits per heavy atom. The number of nitrogens with two attached hydrogens (primary N) is 2. The van der Waals surface area contributed by atoms with E-state index in [0.29, 0.717) is 14.9 Å². The molecular weight excluding hydrogens is 590 g/mol. The molecule has 1 saturated heterocycles. The third-order valence-corrected chi connectivity index (χ3v) is 9.41. The molecule has 0 aromatic carbocycles. The van der Waals surface area contributed by atoms with Gasteiger partial charge in [0.15, 0.2) is 15.2 Å². The molecule has 192 valence electrons. The van der Waals surface area contributed by atoms with E-state index < -0.39 is 40.8 Å². The summed E-state index contributed by atoms with van der Waals surface area (Å²) in [5.41, 5.74) is 10.6. The van der Waals surface area contributed by atoms with Gasteiger partial charge in [0.05, 0.1) is 17.9 Å². The molecule has 38 heavy (non-hydrogen) atoms. The Morgan fingerprint density at radius 1 is 1.32 bits per heavy atom. The van der Waals surface area contributed by atoms with Crippen molar-refractivity contribution < 1.29 is 59.0 Å². The van der Waals surface area contributed by atoms with Gasteiger partial charge in [0.1, 0.15) is 22.8 Å². The normalized spacial score (nSPS) is 19.1. The molecule has 2 aliphatic heterocycles. The summed E-state index contributed by atoms with van der Waals surface area (Å²) in [5.74, 6) is -3.24. The SMILES string of the molecule is NC(=O)c1cn2nc(SCC3=C(C(=O)[O-])N4C(=O)[C@@H](NC(=O)/C(=N\O)c5csc(N)n5)[C@H]4SC3)sc2n1.[Na+]. The Bertz CT molecular complexity index is 1500. The molecule has 3 aromatic rings. The van der Waals surface area contributed by atoms with Crippen molar-refractivity contribution in [3.05, 3.63) is 34.2 Å². The van der Waals surface area contributed by atoms with Crippen molar-refractivity contribution in [3.63, 3.8) is 0 Å². The molecule has 0 aliphatic carbocycles. The second-order valence-corrected chi connectivity index (χ2v) is 11.7. The monoisotopic (exact) mass is 603 g/mol. The van der Waals surface area contributed by atoms with E-state index in [-0.39, 0.29) is 63.3 Å². The number of oxime groups is 1. The maximum Gasteiger partial charge on any atom is 1.00 e. The van der Waals surface area contributed by atoms with E-state index in [9.17, 15) is 29.5 Å². The Morgan fingerprint density at radius 2 is 2.08 bits per heavy atom. The number of anilines is 1. The Kier molecular flexibility index (Phi) is 8.35. The zero-order valence-corrected chi connectivity index (χ0v) is 24.4. The molecule has 6 N–H and O–H groups in total. The van der Waals surface area contributed by atoms with Crippen LogP contribution in [0.1, 0.15) is 16.2 Å². The number of hydrogen-bond acceptors (Lipinski definition) is 15. The standard InChI is InChI=1S/C18H15N9O6S4.Na/c19-11(28)6-1-26-17(22-6)37-18(24-26)36-3-5-2-34-14-9(13(30)27(14)10(5)15(31)32)23-12(29)8(25-33)7-4-35-16(20)21-7;/h1,4,9,14,33H,2-3H2,(H2,19,28)(H2,20,21)(H,23,29)(H,31,32);/q;+1/p-1/b25-8-;/t9-,14-;/m1./s1. The molecule has 2 aliphatic rings. The average Bonchev–Trinajstić information content (AvgIpc) is 3.56. The van der Waals surface area contributed by atoms with Crippen molar-refractivity contribution in [1.82, 2.24) is 29.8 Å². The first kappa shape index (κ1) is 28.3. The third-order valence-electron chi connectivity index (χ3n) is 5.25. The van der Waals surface area contributed by atoms with Crippen LogP contribution in [0.4, 0.5) is 5.13 Å². The number of aliphatic carboxylic acids is 1. The van der Waals surface area contributed by atoms with Crippen LogP contribution in [0.5, 0.6) is 0 Å². The van der Waals surface area contributed by atoms with Gasteiger partial charge in [0.2, 0.25) is 4.96 Å². The summed E-state index contributed by atoms with van der Waals surface area (Å²) < 4.78 is 1.97. The number of amides is 3. The molecule has 2 atom stereocenters. The number of nitrogens with zero attached hydrogens (tertiary/aromatic N) is 6. The summed E-state index contributed by atoms with van der Waals surface area (Å²) in [7, 11) is 0. The molecule has 3 aromatic heterocycles. The molecule has 20 heteroatoms. The van der Waals surface area contributed by atoms with E-state index in [4.69, 9.17) is 11.5 Å². The number of carbonyl (C=O) groups is 4. The third kappa shape index (κ3) is 5.14. The summed E-state index contributed by atoms with van der Waals surface area (Å²) in [6.07, 6.45) is 1.40. The molecule has 3 amide bonds. The number of rotatable bonds is 8. The second-order valence-electron chi connectivity index (χ2n) is 7.49. The van der Waals surface area contributed by atoms with Crippen LogP contribution in [-0.4, -0.2) is 82.0 Å². The summed E-state index contributed by atoms with van der Waals surface area (Å²) in [4.78, 5) is 58.2. The average molecular weight is 604 g/mol. The number of hydrogen-bond donors (Lipinski definition) is 4. The van der Waals surface area contributed by atoms with Gasteiger partial charge in [-0.2, -0.15) is 0 Å². The number of thiazole rings is 1. The largest absolute Gasteiger partial charge is 1.00 e. The summed E-state index contributed by atoms with van der Waals surface area (Å²) in [5, 5.41) is 31.8. The number of imidazole rings is 1. The van der Waals surface area contributed by atoms with E-state index in [2.05, 4.69) is 25.5 Å². The number of carbonyl (C=O) groups excluding carboxylic acids is 4. The van der Waals surface area contributed by atoms with Crippen molar-refractivity contribution in [2.45, 2.75) is 15.8 Å². The van der Waals surface area contributed by atoms with Gasteiger partial charge in [0, 0.05) is 16.9 Å². The fourth-order valence-electron chi connectivity index (χ4n) is 3.61. The van der Waals surface area contributed by atoms with Crippen LogP contribution in [0.25, 0.3) is 4.96 Å². The van der Waals surface area contributed by atoms with Crippen LogP contribution < -0.4 is 51.4 Å². The van der Waals surface area contributed by atoms with E-state index >= 15 is 0 Å². The quantitative estimate of drug-likeness (QED) is 0.0475. The van der Waals surface area contributed by atoms with Crippen LogP contribution in [-0.2, 0) is 14.4 Å². The number of β-lactam (4-membered cyclic amide) rings is 1. The Labute approximate surface area is 251 Å². The molecule has 5 heterocycles. The fraction of sp³-hybridized carbons (Fsp3) is 0.222. The van der Waals surface area contributed by atoms with Crippen molar-refractivity contribution in [3.8, 4) is 0 Å². The zero-order chi connectivity index (χ0) is 26.4. The van der Waals surface area contributed by atoms with Gasteiger partial charge >= 0.3 is 29.6 Å². The van der Waals surface area contributed by atoms with E-state index in [0.717, 1.165) is 16.2 Å². The Balaban J connectivity index is 0.00000336. The molecule has 0 saturated carbocycles. The second kappa shape index (κ2) is 11.2. The van der Waals surface area contributed by atoms with E-state index in [1.165, 1.54) is 51.0 Å². The molecule has 0 unspecified atom stereocenters. The number of thioether (sulfide) groups is 2. The molecule has 5 rings (SSSR count). The van der Waals surface area contributed by atoms with Gasteiger partial charge < -0.3 is 31.9 Å². The minimum absolute atomic E-state index is 0. The number of carboxylic acids is 1. The van der Waals surface area contributed by atoms with Gasteiger partial charge in [-0.05, 0) is 5.57 Å². The van der Waals surface area contributed by atoms with Gasteiger partial charge in [-0.1, -0.05) is 28.3 Å². The van der Waals surface area contributed by atoms with Crippen LogP contribution in [0.3, 0.4) is 0 Å². The van der Waals surface area contributed by atoms with Gasteiger partial charge in [-0.15, -0.1) is 28.2 Å². The minimum Gasteiger partial charge on any atom is -0.543 e. The first-order valence-electron chi connectivity index (χ1n) is 10.1. The van der Waals surface area contributed by atoms with E-state index in [1.54, 1.807) is 0 Å². The predicted octanol–water partition coefficient (Wildman–Crippen LogP) is -4.69. The minimum atomic E-state index is -1.52. The van der Waals surface area contributed by atoms with Crippen molar-refractivity contribution in [2.75, 3.05) is 17.2 Å². The summed E-state index contributed by atoms with van der Waals surface area (Å²) in [6, 6.07) is -1.04. The molecular formula is C18H14N9NaO6S4. The zero-order valence-electron chi connectivity index (χ0n) is 19.2. The molecule has 0 bridgehead atoms. The van der Waals surface area contributed by atoms with Crippen molar-refractivity contribution in [1.29, 1.82) is 0 Å². The summed E-state index contributed by atoms with van der Waals surface area (Å²) in [6.45, 7) is 0. The fourth-order valence-corrected chi connectivity index (χ4v) is 7.57. The van der Waals surface area contributed by atoms with Crippen LogP contribution in [0.15, 0.2) is 32.3 Å². The predicted molar refractivity (Wildman–Crippen MR) is 132 cm³/mol. The number of carboxylic acid groups (broad SMARTS) is 1. The number of nitrogen functional groups attached to an aromatic ring is 1. The smallest absolute Gasteiger partial charge is 0.543 e. The Hall–Kier alpha value is -2.68. The van der Waals surface area contributed by atoms with Crippen LogP contribution >= 0.6 is 46.2 Å². The van der Waals surface area contributed by atoms with Crippen LogP contribution in [0, 0.1) is 0 Å². The summed E-state index contributed by atoms with van der Waals surface area (Å²) >= 11 is 4.74. The molecule has 0 radical (unpaired) electrons. The number of primary amides is 1. The molecule has 0 spiro atoms. The first-order chi connectivity index (χ1) is 17.7. The van der Waals surface area contributed by atoms with Gasteiger partial charge in [-0.3, -0.25) is 19.3 Å². The molecule has 1 fully saturated rings. The van der Waals surface area contributed by atoms with Crippen LogP contribution in [0.2, 0.25) is 0 Å². The van der Waals surface area contributed by atoms with Crippen molar-refractivity contribution >= 4 is 85.7 Å². The maximum atomic E-state index is 12.9. The maximum absolute atomic E-state index is 12.9. The van der Waals surface area contributed by atoms with Crippen molar-refractivity contribution in [2.24, 2.45) is 10.9 Å².